The van der Waals surface area contributed by atoms with Crippen LogP contribution in [-0.2, 0) is 4.74 Å². The molecule has 0 aromatic rings. The highest BCUT2D eigenvalue weighted by molar-refractivity contribution is 7.99. The molecule has 3 fully saturated rings. The maximum atomic E-state index is 6.15. The standard InChI is InChI=1S/C15H28N2OS/c1-2-16-13-3-7-17(8-4-13)14-5-9-18-15(11-14)6-10-19-12-15/h13-14,16H,2-12H2,1H3. The topological polar surface area (TPSA) is 24.5 Å². The number of hydrogen-bond donors (Lipinski definition) is 1. The van der Waals surface area contributed by atoms with Crippen LogP contribution >= 0.6 is 11.8 Å². The van der Waals surface area contributed by atoms with E-state index >= 15 is 0 Å². The minimum Gasteiger partial charge on any atom is -0.374 e. The minimum absolute atomic E-state index is 0.242. The molecular weight excluding hydrogens is 256 g/mol. The second kappa shape index (κ2) is 6.33. The van der Waals surface area contributed by atoms with Crippen LogP contribution in [0.3, 0.4) is 0 Å². The second-order valence-electron chi connectivity index (χ2n) is 6.35. The molecule has 0 aromatic heterocycles. The Balaban J connectivity index is 1.52. The van der Waals surface area contributed by atoms with Crippen LogP contribution in [-0.4, -0.2) is 60.3 Å². The largest absolute Gasteiger partial charge is 0.374 e. The summed E-state index contributed by atoms with van der Waals surface area (Å²) in [5, 5.41) is 3.60. The van der Waals surface area contributed by atoms with Crippen molar-refractivity contribution in [2.45, 2.75) is 56.7 Å². The molecule has 2 unspecified atom stereocenters. The Morgan fingerprint density at radius 3 is 2.84 bits per heavy atom. The van der Waals surface area contributed by atoms with E-state index in [1.807, 2.05) is 0 Å². The van der Waals surface area contributed by atoms with Gasteiger partial charge in [-0.1, -0.05) is 6.92 Å². The number of piperidine rings is 1. The van der Waals surface area contributed by atoms with Crippen LogP contribution in [0.5, 0.6) is 0 Å². The summed E-state index contributed by atoms with van der Waals surface area (Å²) < 4.78 is 6.15. The first kappa shape index (κ1) is 14.2. The van der Waals surface area contributed by atoms with Gasteiger partial charge in [0.25, 0.3) is 0 Å². The van der Waals surface area contributed by atoms with Crippen molar-refractivity contribution in [1.82, 2.24) is 10.2 Å². The van der Waals surface area contributed by atoms with Gasteiger partial charge in [-0.25, -0.2) is 0 Å². The zero-order valence-electron chi connectivity index (χ0n) is 12.2. The van der Waals surface area contributed by atoms with E-state index in [1.54, 1.807) is 0 Å². The molecule has 1 spiro atoms. The number of likely N-dealkylation sites (tertiary alicyclic amines) is 1. The lowest BCUT2D eigenvalue weighted by molar-refractivity contribution is -0.0921. The molecular formula is C15H28N2OS. The summed E-state index contributed by atoms with van der Waals surface area (Å²) in [5.74, 6) is 2.53. The van der Waals surface area contributed by atoms with Crippen LogP contribution in [0.15, 0.2) is 0 Å². The SMILES string of the molecule is CCNC1CCN(C2CCOC3(CCSC3)C2)CC1. The van der Waals surface area contributed by atoms with Gasteiger partial charge in [0.15, 0.2) is 0 Å². The molecule has 3 saturated heterocycles. The van der Waals surface area contributed by atoms with Gasteiger partial charge >= 0.3 is 0 Å². The Bertz CT molecular complexity index is 286. The number of ether oxygens (including phenoxy) is 1. The molecule has 0 radical (unpaired) electrons. The fraction of sp³-hybridized carbons (Fsp3) is 1.00. The van der Waals surface area contributed by atoms with Gasteiger partial charge in [0.1, 0.15) is 0 Å². The van der Waals surface area contributed by atoms with Crippen LogP contribution in [0.4, 0.5) is 0 Å². The summed E-state index contributed by atoms with van der Waals surface area (Å²) in [6.07, 6.45) is 6.46. The van der Waals surface area contributed by atoms with E-state index < -0.39 is 0 Å². The molecule has 4 heteroatoms. The number of hydrogen-bond acceptors (Lipinski definition) is 4. The number of thioether (sulfide) groups is 1. The zero-order chi connectivity index (χ0) is 13.1. The zero-order valence-corrected chi connectivity index (χ0v) is 13.0. The molecule has 3 aliphatic rings. The third-order valence-electron chi connectivity index (χ3n) is 5.07. The van der Waals surface area contributed by atoms with Crippen LogP contribution in [0.25, 0.3) is 0 Å². The molecule has 0 amide bonds. The molecule has 3 aliphatic heterocycles. The minimum atomic E-state index is 0.242. The van der Waals surface area contributed by atoms with E-state index in [0.29, 0.717) is 0 Å². The first-order valence-corrected chi connectivity index (χ1v) is 9.16. The summed E-state index contributed by atoms with van der Waals surface area (Å²) in [6.45, 7) is 6.88. The van der Waals surface area contributed by atoms with Gasteiger partial charge in [-0.05, 0) is 57.5 Å². The van der Waals surface area contributed by atoms with E-state index in [2.05, 4.69) is 28.9 Å². The van der Waals surface area contributed by atoms with E-state index in [4.69, 9.17) is 4.74 Å². The third-order valence-corrected chi connectivity index (χ3v) is 6.30. The highest BCUT2D eigenvalue weighted by Gasteiger charge is 2.42. The third kappa shape index (κ3) is 3.29. The van der Waals surface area contributed by atoms with E-state index in [9.17, 15) is 0 Å². The molecule has 0 bridgehead atoms. The Morgan fingerprint density at radius 1 is 1.32 bits per heavy atom. The van der Waals surface area contributed by atoms with Gasteiger partial charge in [-0.3, -0.25) is 0 Å². The Kier molecular flexibility index (Phi) is 4.73. The fourth-order valence-corrected chi connectivity index (χ4v) is 5.31. The van der Waals surface area contributed by atoms with Crippen molar-refractivity contribution in [1.29, 1.82) is 0 Å². The summed E-state index contributed by atoms with van der Waals surface area (Å²) in [6, 6.07) is 1.55. The van der Waals surface area contributed by atoms with Crippen LogP contribution in [0.2, 0.25) is 0 Å². The smallest absolute Gasteiger partial charge is 0.0795 e. The Labute approximate surface area is 121 Å². The average molecular weight is 284 g/mol. The predicted molar refractivity (Wildman–Crippen MR) is 81.9 cm³/mol. The Hall–Kier alpha value is 0.230. The van der Waals surface area contributed by atoms with Gasteiger partial charge in [-0.2, -0.15) is 11.8 Å². The molecule has 19 heavy (non-hydrogen) atoms. The van der Waals surface area contributed by atoms with Gasteiger partial charge in [-0.15, -0.1) is 0 Å². The van der Waals surface area contributed by atoms with Crippen molar-refractivity contribution in [3.8, 4) is 0 Å². The quantitative estimate of drug-likeness (QED) is 0.858. The van der Waals surface area contributed by atoms with E-state index in [0.717, 1.165) is 25.2 Å². The van der Waals surface area contributed by atoms with Crippen molar-refractivity contribution in [3.05, 3.63) is 0 Å². The van der Waals surface area contributed by atoms with Gasteiger partial charge in [0.2, 0.25) is 0 Å². The molecule has 3 rings (SSSR count). The Morgan fingerprint density at radius 2 is 2.16 bits per heavy atom. The molecule has 0 saturated carbocycles. The van der Waals surface area contributed by atoms with Gasteiger partial charge < -0.3 is 15.0 Å². The lowest BCUT2D eigenvalue weighted by Crippen LogP contribution is -2.52. The van der Waals surface area contributed by atoms with Crippen molar-refractivity contribution < 1.29 is 4.74 Å². The summed E-state index contributed by atoms with van der Waals surface area (Å²) in [4.78, 5) is 2.75. The molecule has 2 atom stereocenters. The van der Waals surface area contributed by atoms with E-state index in [1.165, 1.54) is 56.7 Å². The summed E-state index contributed by atoms with van der Waals surface area (Å²) in [7, 11) is 0. The highest BCUT2D eigenvalue weighted by atomic mass is 32.2. The lowest BCUT2D eigenvalue weighted by Gasteiger charge is -2.45. The van der Waals surface area contributed by atoms with Crippen LogP contribution in [0.1, 0.15) is 39.0 Å². The van der Waals surface area contributed by atoms with E-state index in [-0.39, 0.29) is 5.60 Å². The monoisotopic (exact) mass is 284 g/mol. The van der Waals surface area contributed by atoms with Gasteiger partial charge in [0, 0.05) is 24.4 Å². The summed E-state index contributed by atoms with van der Waals surface area (Å²) >= 11 is 2.08. The maximum absolute atomic E-state index is 6.15. The van der Waals surface area contributed by atoms with Crippen molar-refractivity contribution in [2.24, 2.45) is 0 Å². The normalized spacial score (nSPS) is 38.1. The average Bonchev–Trinajstić information content (AvgIpc) is 2.88. The van der Waals surface area contributed by atoms with Crippen molar-refractivity contribution in [3.63, 3.8) is 0 Å². The first-order chi connectivity index (χ1) is 9.31. The number of nitrogens with one attached hydrogen (secondary N) is 1. The molecule has 1 N–H and O–H groups in total. The second-order valence-corrected chi connectivity index (χ2v) is 7.45. The number of nitrogens with zero attached hydrogens (tertiary/aromatic N) is 1. The first-order valence-electron chi connectivity index (χ1n) is 8.00. The molecule has 0 aromatic carbocycles. The molecule has 0 aliphatic carbocycles. The number of rotatable bonds is 3. The van der Waals surface area contributed by atoms with Crippen LogP contribution < -0.4 is 5.32 Å². The van der Waals surface area contributed by atoms with Gasteiger partial charge in [0.05, 0.1) is 5.60 Å². The maximum Gasteiger partial charge on any atom is 0.0795 e. The lowest BCUT2D eigenvalue weighted by atomic mass is 9.88. The predicted octanol–water partition coefficient (Wildman–Crippen LogP) is 2.12. The fourth-order valence-electron chi connectivity index (χ4n) is 3.93. The van der Waals surface area contributed by atoms with Crippen molar-refractivity contribution in [2.75, 3.05) is 37.7 Å². The van der Waals surface area contributed by atoms with Crippen molar-refractivity contribution >= 4 is 11.8 Å². The molecule has 110 valence electrons. The molecule has 3 heterocycles. The highest BCUT2D eigenvalue weighted by Crippen LogP contribution is 2.39. The molecule has 3 nitrogen and oxygen atoms in total. The van der Waals surface area contributed by atoms with Crippen LogP contribution in [0, 0.1) is 0 Å². The summed E-state index contributed by atoms with van der Waals surface area (Å²) in [5.41, 5.74) is 0.242.